The van der Waals surface area contributed by atoms with E-state index < -0.39 is 5.82 Å². The molecule has 0 saturated carbocycles. The molecule has 208 valence electrons. The van der Waals surface area contributed by atoms with E-state index in [1.54, 1.807) is 39.9 Å². The van der Waals surface area contributed by atoms with E-state index in [0.29, 0.717) is 47.7 Å². The molecule has 0 spiro atoms. The van der Waals surface area contributed by atoms with E-state index in [2.05, 4.69) is 21.4 Å². The maximum atomic E-state index is 15.5. The maximum absolute atomic E-state index is 15.5. The molecule has 2 fully saturated rings. The first-order chi connectivity index (χ1) is 20.0. The van der Waals surface area contributed by atoms with Gasteiger partial charge in [0.25, 0.3) is 5.91 Å². The second-order valence-electron chi connectivity index (χ2n) is 10.2. The number of ether oxygens (including phenoxy) is 1. The molecular weight excluding hydrogens is 523 g/mol. The van der Waals surface area contributed by atoms with E-state index >= 15 is 4.39 Å². The molecule has 1 unspecified atom stereocenters. The molecular formula is C30H29FN8O2. The molecule has 0 aliphatic carbocycles. The lowest BCUT2D eigenvalue weighted by molar-refractivity contribution is -0.128. The number of nitrogen functional groups attached to an aromatic ring is 1. The SMILES string of the molecule is N#C/C(=C\C1CCCN1)C(=O)N1CCC[C@@H](n2nc(-c3ccc(Oc4ccccc4)cc3F)c3c(N)ncnc32)C1. The number of piperidine rings is 1. The van der Waals surface area contributed by atoms with E-state index in [1.165, 1.54) is 12.4 Å². The Morgan fingerprint density at radius 2 is 2.00 bits per heavy atom. The van der Waals surface area contributed by atoms with Crippen molar-refractivity contribution in [3.63, 3.8) is 0 Å². The van der Waals surface area contributed by atoms with Crippen molar-refractivity contribution in [3.8, 4) is 28.8 Å². The molecule has 2 aromatic carbocycles. The summed E-state index contributed by atoms with van der Waals surface area (Å²) in [6.07, 6.45) is 6.45. The Morgan fingerprint density at radius 1 is 1.15 bits per heavy atom. The van der Waals surface area contributed by atoms with Crippen molar-refractivity contribution in [3.05, 3.63) is 72.3 Å². The van der Waals surface area contributed by atoms with Gasteiger partial charge in [-0.15, -0.1) is 0 Å². The number of benzene rings is 2. The number of rotatable bonds is 6. The molecule has 10 nitrogen and oxygen atoms in total. The minimum Gasteiger partial charge on any atom is -0.457 e. The third kappa shape index (κ3) is 5.34. The fourth-order valence-electron chi connectivity index (χ4n) is 5.54. The zero-order valence-corrected chi connectivity index (χ0v) is 22.3. The summed E-state index contributed by atoms with van der Waals surface area (Å²) in [6, 6.07) is 15.6. The summed E-state index contributed by atoms with van der Waals surface area (Å²) in [4.78, 5) is 23.6. The summed E-state index contributed by atoms with van der Waals surface area (Å²) < 4.78 is 23.0. The van der Waals surface area contributed by atoms with Crippen molar-refractivity contribution in [2.24, 2.45) is 0 Å². The predicted molar refractivity (Wildman–Crippen MR) is 151 cm³/mol. The van der Waals surface area contributed by atoms with Gasteiger partial charge >= 0.3 is 0 Å². The lowest BCUT2D eigenvalue weighted by Gasteiger charge is -2.33. The fraction of sp³-hybridized carbons (Fsp3) is 0.300. The van der Waals surface area contributed by atoms with Gasteiger partial charge in [0, 0.05) is 30.8 Å². The van der Waals surface area contributed by atoms with Crippen LogP contribution >= 0.6 is 0 Å². The molecule has 2 saturated heterocycles. The Morgan fingerprint density at radius 3 is 2.76 bits per heavy atom. The van der Waals surface area contributed by atoms with Crippen LogP contribution in [0.2, 0.25) is 0 Å². The number of nitriles is 1. The summed E-state index contributed by atoms with van der Waals surface area (Å²) >= 11 is 0. The van der Waals surface area contributed by atoms with Gasteiger partial charge in [0.2, 0.25) is 0 Å². The predicted octanol–water partition coefficient (Wildman–Crippen LogP) is 4.37. The van der Waals surface area contributed by atoms with Crippen LogP contribution in [-0.4, -0.2) is 56.2 Å². The topological polar surface area (TPSA) is 135 Å². The van der Waals surface area contributed by atoms with E-state index in [0.717, 1.165) is 25.8 Å². The highest BCUT2D eigenvalue weighted by Gasteiger charge is 2.31. The average molecular weight is 553 g/mol. The Bertz CT molecular complexity index is 1660. The standard InChI is InChI=1S/C30H29FN8O2/c31-25-15-23(41-22-8-2-1-3-9-22)10-11-24(25)27-26-28(33)35-18-36-29(26)39(37-27)21-7-5-13-38(17-21)30(40)19(16-32)14-20-6-4-12-34-20/h1-3,8-11,14-15,18,20-21,34H,4-7,12-13,17H2,(H2,33,35,36)/b19-14+/t20?,21-/m1/s1. The highest BCUT2D eigenvalue weighted by atomic mass is 19.1. The summed E-state index contributed by atoms with van der Waals surface area (Å²) in [5.74, 6) is 0.302. The van der Waals surface area contributed by atoms with Gasteiger partial charge in [-0.3, -0.25) is 4.79 Å². The third-order valence-corrected chi connectivity index (χ3v) is 7.54. The molecule has 3 N–H and O–H groups in total. The number of para-hydroxylation sites is 1. The van der Waals surface area contributed by atoms with E-state index in [1.807, 2.05) is 18.2 Å². The highest BCUT2D eigenvalue weighted by Crippen LogP contribution is 2.36. The molecule has 2 aliphatic heterocycles. The van der Waals surface area contributed by atoms with Crippen LogP contribution in [0.5, 0.6) is 11.5 Å². The van der Waals surface area contributed by atoms with Crippen molar-refractivity contribution in [1.29, 1.82) is 5.26 Å². The van der Waals surface area contributed by atoms with Crippen molar-refractivity contribution in [2.45, 2.75) is 37.8 Å². The first-order valence-corrected chi connectivity index (χ1v) is 13.7. The van der Waals surface area contributed by atoms with Crippen LogP contribution in [0.3, 0.4) is 0 Å². The van der Waals surface area contributed by atoms with Crippen LogP contribution in [0.4, 0.5) is 10.2 Å². The van der Waals surface area contributed by atoms with Crippen LogP contribution in [-0.2, 0) is 4.79 Å². The summed E-state index contributed by atoms with van der Waals surface area (Å²) in [5, 5.41) is 18.2. The molecule has 4 heterocycles. The van der Waals surface area contributed by atoms with Gasteiger partial charge in [-0.25, -0.2) is 19.0 Å². The molecule has 2 aromatic heterocycles. The second-order valence-corrected chi connectivity index (χ2v) is 10.2. The van der Waals surface area contributed by atoms with Gasteiger partial charge < -0.3 is 20.7 Å². The smallest absolute Gasteiger partial charge is 0.264 e. The minimum absolute atomic E-state index is 0.0332. The lowest BCUT2D eigenvalue weighted by Crippen LogP contribution is -2.41. The van der Waals surface area contributed by atoms with Crippen LogP contribution < -0.4 is 15.8 Å². The van der Waals surface area contributed by atoms with Gasteiger partial charge in [-0.2, -0.15) is 10.4 Å². The molecule has 6 rings (SSSR count). The Labute approximate surface area is 236 Å². The van der Waals surface area contributed by atoms with Gasteiger partial charge in [0.15, 0.2) is 5.65 Å². The monoisotopic (exact) mass is 552 g/mol. The van der Waals surface area contributed by atoms with E-state index in [9.17, 15) is 10.1 Å². The first kappa shape index (κ1) is 26.4. The Hall–Kier alpha value is -4.82. The van der Waals surface area contributed by atoms with Crippen LogP contribution in [0.15, 0.2) is 66.5 Å². The van der Waals surface area contributed by atoms with Gasteiger partial charge in [0.1, 0.15) is 46.8 Å². The third-order valence-electron chi connectivity index (χ3n) is 7.54. The van der Waals surface area contributed by atoms with Crippen molar-refractivity contribution >= 4 is 22.8 Å². The zero-order valence-electron chi connectivity index (χ0n) is 22.3. The fourth-order valence-corrected chi connectivity index (χ4v) is 5.54. The molecule has 41 heavy (non-hydrogen) atoms. The number of nitrogens with two attached hydrogens (primary N) is 1. The quantitative estimate of drug-likeness (QED) is 0.266. The minimum atomic E-state index is -0.530. The number of likely N-dealkylation sites (tertiary alicyclic amines) is 1. The first-order valence-electron chi connectivity index (χ1n) is 13.7. The Balaban J connectivity index is 1.31. The maximum Gasteiger partial charge on any atom is 0.264 e. The number of anilines is 1. The van der Waals surface area contributed by atoms with Crippen LogP contribution in [0, 0.1) is 17.1 Å². The summed E-state index contributed by atoms with van der Waals surface area (Å²) in [7, 11) is 0. The molecule has 1 amide bonds. The highest BCUT2D eigenvalue weighted by molar-refractivity contribution is 5.99. The number of fused-ring (bicyclic) bond motifs is 1. The molecule has 0 radical (unpaired) electrons. The number of aromatic nitrogens is 4. The van der Waals surface area contributed by atoms with Crippen molar-refractivity contribution in [2.75, 3.05) is 25.4 Å². The number of amides is 1. The average Bonchev–Trinajstić information content (AvgIpc) is 3.65. The van der Waals surface area contributed by atoms with E-state index in [-0.39, 0.29) is 34.9 Å². The number of hydrogen-bond donors (Lipinski definition) is 2. The second kappa shape index (κ2) is 11.3. The van der Waals surface area contributed by atoms with Crippen molar-refractivity contribution < 1.29 is 13.9 Å². The van der Waals surface area contributed by atoms with Gasteiger partial charge in [0.05, 0.1) is 11.4 Å². The number of carbonyl (C=O) groups is 1. The van der Waals surface area contributed by atoms with Gasteiger partial charge in [-0.05, 0) is 62.6 Å². The number of nitrogens with one attached hydrogen (secondary N) is 1. The number of halogens is 1. The molecule has 0 bridgehead atoms. The molecule has 4 aromatic rings. The molecule has 2 atom stereocenters. The Kier molecular flexibility index (Phi) is 7.31. The largest absolute Gasteiger partial charge is 0.457 e. The van der Waals surface area contributed by atoms with Crippen LogP contribution in [0.25, 0.3) is 22.3 Å². The van der Waals surface area contributed by atoms with Crippen molar-refractivity contribution in [1.82, 2.24) is 30.0 Å². The summed E-state index contributed by atoms with van der Waals surface area (Å²) in [5.41, 5.74) is 7.42. The van der Waals surface area contributed by atoms with Crippen LogP contribution in [0.1, 0.15) is 31.7 Å². The molecule has 2 aliphatic rings. The lowest BCUT2D eigenvalue weighted by atomic mass is 10.0. The van der Waals surface area contributed by atoms with E-state index in [4.69, 9.17) is 15.6 Å². The zero-order chi connectivity index (χ0) is 28.3. The van der Waals surface area contributed by atoms with Gasteiger partial charge in [-0.1, -0.05) is 18.2 Å². The normalized spacial score (nSPS) is 19.3. The number of hydrogen-bond acceptors (Lipinski definition) is 8. The molecule has 11 heteroatoms. The summed E-state index contributed by atoms with van der Waals surface area (Å²) in [6.45, 7) is 1.75. The number of nitrogens with zero attached hydrogens (tertiary/aromatic N) is 6. The number of carbonyl (C=O) groups excluding carboxylic acids is 1.